The molecule has 0 atom stereocenters. The van der Waals surface area contributed by atoms with Gasteiger partial charge in [0.1, 0.15) is 5.69 Å². The summed E-state index contributed by atoms with van der Waals surface area (Å²) in [6, 6.07) is 4.70. The summed E-state index contributed by atoms with van der Waals surface area (Å²) in [5.41, 5.74) is 0.411. The summed E-state index contributed by atoms with van der Waals surface area (Å²) in [7, 11) is 0. The topological polar surface area (TPSA) is 36.7 Å². The van der Waals surface area contributed by atoms with Gasteiger partial charge in [0.15, 0.2) is 0 Å². The molecule has 0 radical (unpaired) electrons. The highest BCUT2D eigenvalue weighted by Crippen LogP contribution is 2.28. The van der Waals surface area contributed by atoms with Gasteiger partial charge in [-0.3, -0.25) is 4.98 Å². The number of nitrogens with zero attached hydrogens (tertiary/aromatic N) is 2. The van der Waals surface area contributed by atoms with Crippen LogP contribution in [-0.2, 0) is 12.3 Å². The zero-order valence-corrected chi connectivity index (χ0v) is 9.33. The molecular weight excluding hydrogens is 301 g/mol. The first-order valence-electron chi connectivity index (χ1n) is 3.86. The van der Waals surface area contributed by atoms with Crippen LogP contribution in [0.4, 0.5) is 8.78 Å². The van der Waals surface area contributed by atoms with Crippen LogP contribution in [0.1, 0.15) is 11.3 Å². The fraction of sp³-hybridized carbons (Fsp3) is 0.333. The minimum Gasteiger partial charge on any atom is -0.255 e. The number of rotatable bonds is 3. The molecule has 1 rings (SSSR count). The van der Waals surface area contributed by atoms with Crippen molar-refractivity contribution in [2.45, 2.75) is 12.3 Å². The fourth-order valence-electron chi connectivity index (χ4n) is 0.905. The van der Waals surface area contributed by atoms with Gasteiger partial charge >= 0.3 is 0 Å². The van der Waals surface area contributed by atoms with Crippen molar-refractivity contribution in [2.24, 2.45) is 0 Å². The fourth-order valence-corrected chi connectivity index (χ4v) is 1.30. The van der Waals surface area contributed by atoms with Gasteiger partial charge in [-0.15, -0.1) is 0 Å². The molecule has 5 heteroatoms. The molecule has 14 heavy (non-hydrogen) atoms. The van der Waals surface area contributed by atoms with Crippen molar-refractivity contribution >= 4 is 22.6 Å². The molecule has 0 spiro atoms. The Morgan fingerprint density at radius 3 is 2.64 bits per heavy atom. The number of hydrogen-bond donors (Lipinski definition) is 0. The van der Waals surface area contributed by atoms with E-state index in [-0.39, 0.29) is 16.5 Å². The van der Waals surface area contributed by atoms with Crippen LogP contribution in [0.3, 0.4) is 0 Å². The van der Waals surface area contributed by atoms with Crippen LogP contribution >= 0.6 is 22.6 Å². The molecule has 1 aromatic rings. The van der Waals surface area contributed by atoms with Gasteiger partial charge in [-0.2, -0.15) is 14.0 Å². The third-order valence-corrected chi connectivity index (χ3v) is 2.61. The van der Waals surface area contributed by atoms with Gasteiger partial charge < -0.3 is 0 Å². The highest BCUT2D eigenvalue weighted by Gasteiger charge is 2.31. The summed E-state index contributed by atoms with van der Waals surface area (Å²) in [6.07, 6.45) is 1.52. The molecule has 0 bridgehead atoms. The maximum absolute atomic E-state index is 13.1. The Morgan fingerprint density at radius 2 is 2.21 bits per heavy atom. The van der Waals surface area contributed by atoms with Gasteiger partial charge in [0, 0.05) is 6.20 Å². The van der Waals surface area contributed by atoms with E-state index in [9.17, 15) is 8.78 Å². The molecule has 74 valence electrons. The van der Waals surface area contributed by atoms with Crippen LogP contribution in [-0.4, -0.2) is 9.41 Å². The summed E-state index contributed by atoms with van der Waals surface area (Å²) in [6.45, 7) is 0. The molecular formula is C9H7F2IN2. The molecule has 0 unspecified atom stereocenters. The SMILES string of the molecule is N#CCc1ccc(C(F)(F)CI)nc1. The standard InChI is InChI=1S/C9H7F2IN2/c10-9(11,6-12)8-2-1-7(3-4-13)5-14-8/h1-2,5H,3,6H2. The molecule has 1 aromatic heterocycles. The Labute approximate surface area is 94.1 Å². The van der Waals surface area contributed by atoms with Gasteiger partial charge in [-0.1, -0.05) is 28.7 Å². The van der Waals surface area contributed by atoms with E-state index < -0.39 is 5.92 Å². The minimum atomic E-state index is -2.88. The Hall–Kier alpha value is -0.770. The van der Waals surface area contributed by atoms with Gasteiger partial charge in [-0.05, 0) is 11.6 Å². The van der Waals surface area contributed by atoms with Crippen molar-refractivity contribution in [1.29, 1.82) is 5.26 Å². The Kier molecular flexibility index (Phi) is 3.75. The molecule has 0 saturated carbocycles. The average molecular weight is 308 g/mol. The molecule has 0 aliphatic rings. The lowest BCUT2D eigenvalue weighted by Gasteiger charge is -2.11. The molecule has 0 aliphatic carbocycles. The van der Waals surface area contributed by atoms with E-state index in [0.717, 1.165) is 0 Å². The third-order valence-electron chi connectivity index (χ3n) is 1.65. The van der Waals surface area contributed by atoms with Gasteiger partial charge in [0.25, 0.3) is 5.92 Å². The van der Waals surface area contributed by atoms with Gasteiger partial charge in [-0.25, -0.2) is 0 Å². The van der Waals surface area contributed by atoms with E-state index in [2.05, 4.69) is 4.98 Å². The molecule has 2 nitrogen and oxygen atoms in total. The lowest BCUT2D eigenvalue weighted by molar-refractivity contribution is 0.0217. The van der Waals surface area contributed by atoms with E-state index in [1.165, 1.54) is 18.3 Å². The third kappa shape index (κ3) is 2.61. The second kappa shape index (κ2) is 4.64. The van der Waals surface area contributed by atoms with E-state index in [0.29, 0.717) is 5.56 Å². The molecule has 0 N–H and O–H groups in total. The van der Waals surface area contributed by atoms with Crippen LogP contribution in [0, 0.1) is 11.3 Å². The quantitative estimate of drug-likeness (QED) is 0.636. The van der Waals surface area contributed by atoms with Crippen LogP contribution in [0.2, 0.25) is 0 Å². The molecule has 1 heterocycles. The lowest BCUT2D eigenvalue weighted by Crippen LogP contribution is -2.16. The maximum Gasteiger partial charge on any atom is 0.298 e. The smallest absolute Gasteiger partial charge is 0.255 e. The number of aromatic nitrogens is 1. The number of hydrogen-bond acceptors (Lipinski definition) is 2. The predicted octanol–water partition coefficient (Wildman–Crippen LogP) is 2.67. The molecule has 0 amide bonds. The Bertz CT molecular complexity index is 343. The number of alkyl halides is 3. The average Bonchev–Trinajstić information content (AvgIpc) is 2.19. The van der Waals surface area contributed by atoms with Crippen molar-refractivity contribution in [3.63, 3.8) is 0 Å². The van der Waals surface area contributed by atoms with Crippen molar-refractivity contribution in [1.82, 2.24) is 4.98 Å². The lowest BCUT2D eigenvalue weighted by atomic mass is 10.2. The highest BCUT2D eigenvalue weighted by molar-refractivity contribution is 14.1. The second-order valence-corrected chi connectivity index (χ2v) is 3.49. The molecule has 0 aromatic carbocycles. The largest absolute Gasteiger partial charge is 0.298 e. The zero-order valence-electron chi connectivity index (χ0n) is 7.17. The van der Waals surface area contributed by atoms with E-state index >= 15 is 0 Å². The second-order valence-electron chi connectivity index (χ2n) is 2.72. The molecule has 0 fully saturated rings. The summed E-state index contributed by atoms with van der Waals surface area (Å²) in [5.74, 6) is -2.88. The van der Waals surface area contributed by atoms with Crippen LogP contribution in [0.5, 0.6) is 0 Å². The van der Waals surface area contributed by atoms with Gasteiger partial charge in [0.2, 0.25) is 0 Å². The monoisotopic (exact) mass is 308 g/mol. The first-order chi connectivity index (χ1) is 6.60. The highest BCUT2D eigenvalue weighted by atomic mass is 127. The van der Waals surface area contributed by atoms with Crippen molar-refractivity contribution < 1.29 is 8.78 Å². The first-order valence-corrected chi connectivity index (χ1v) is 5.39. The number of halogens is 3. The predicted molar refractivity (Wildman–Crippen MR) is 56.3 cm³/mol. The molecule has 0 aliphatic heterocycles. The van der Waals surface area contributed by atoms with Gasteiger partial charge in [0.05, 0.1) is 16.9 Å². The number of nitriles is 1. The van der Waals surface area contributed by atoms with Crippen molar-refractivity contribution in [3.05, 3.63) is 29.6 Å². The van der Waals surface area contributed by atoms with Crippen LogP contribution < -0.4 is 0 Å². The molecule has 0 saturated heterocycles. The Balaban J connectivity index is 2.89. The van der Waals surface area contributed by atoms with E-state index in [1.54, 1.807) is 22.6 Å². The normalized spacial score (nSPS) is 11.0. The maximum atomic E-state index is 13.1. The minimum absolute atomic E-state index is 0.198. The Morgan fingerprint density at radius 1 is 1.50 bits per heavy atom. The van der Waals surface area contributed by atoms with Crippen molar-refractivity contribution in [3.8, 4) is 6.07 Å². The van der Waals surface area contributed by atoms with Crippen molar-refractivity contribution in [2.75, 3.05) is 4.43 Å². The first kappa shape index (κ1) is 11.3. The zero-order chi connectivity index (χ0) is 10.6. The van der Waals surface area contributed by atoms with Crippen LogP contribution in [0.25, 0.3) is 0 Å². The van der Waals surface area contributed by atoms with Crippen LogP contribution in [0.15, 0.2) is 18.3 Å². The summed E-state index contributed by atoms with van der Waals surface area (Å²) < 4.78 is 25.8. The summed E-state index contributed by atoms with van der Waals surface area (Å²) in [4.78, 5) is 3.63. The van der Waals surface area contributed by atoms with E-state index in [4.69, 9.17) is 5.26 Å². The summed E-state index contributed by atoms with van der Waals surface area (Å²) >= 11 is 1.62. The van der Waals surface area contributed by atoms with E-state index in [1.807, 2.05) is 6.07 Å². The summed E-state index contributed by atoms with van der Waals surface area (Å²) in [5, 5.41) is 8.37. The number of pyridine rings is 1.